The first-order valence-corrected chi connectivity index (χ1v) is 7.07. The molecule has 0 spiro atoms. The quantitative estimate of drug-likeness (QED) is 0.396. The average molecular weight is 244 g/mol. The van der Waals surface area contributed by atoms with E-state index in [1.807, 2.05) is 0 Å². The Morgan fingerprint density at radius 2 is 2.43 bits per heavy atom. The summed E-state index contributed by atoms with van der Waals surface area (Å²) < 4.78 is 0. The summed E-state index contributed by atoms with van der Waals surface area (Å²) in [6.45, 7) is 2.40. The van der Waals surface area contributed by atoms with Crippen LogP contribution in [0.2, 0.25) is 6.32 Å². The third-order valence-corrected chi connectivity index (χ3v) is 2.58. The van der Waals surface area contributed by atoms with Crippen molar-refractivity contribution in [3.8, 4) is 0 Å². The summed E-state index contributed by atoms with van der Waals surface area (Å²) in [5.41, 5.74) is 0. The van der Waals surface area contributed by atoms with Gasteiger partial charge in [-0.2, -0.15) is 0 Å². The van der Waals surface area contributed by atoms with Crippen LogP contribution in [0.4, 0.5) is 0 Å². The summed E-state index contributed by atoms with van der Waals surface area (Å²) in [7, 11) is 4.19. The molecule has 40 valence electrons. The van der Waals surface area contributed by atoms with Crippen molar-refractivity contribution in [1.82, 2.24) is 0 Å². The van der Waals surface area contributed by atoms with Gasteiger partial charge in [0.05, 0.1) is 0 Å². The summed E-state index contributed by atoms with van der Waals surface area (Å²) in [5.74, 6) is 0. The maximum atomic E-state index is 4.19. The zero-order valence-corrected chi connectivity index (χ0v) is 8.09. The maximum absolute atomic E-state index is 4.19. The molecule has 0 rings (SSSR count). The van der Waals surface area contributed by atoms with Gasteiger partial charge in [-0.3, -0.25) is 0 Å². The molecule has 0 unspecified atom stereocenters. The summed E-state index contributed by atoms with van der Waals surface area (Å²) in [4.78, 5) is 0. The number of rotatable bonds is 2. The Balaban J connectivity index is 3.35. The van der Waals surface area contributed by atoms with E-state index in [-0.39, 0.29) is 6.47 Å². The SMILES string of the molecule is CCCB=S(#P)I. The zero-order chi connectivity index (χ0) is 5.70. The van der Waals surface area contributed by atoms with Gasteiger partial charge in [-0.25, -0.2) is 0 Å². The topological polar surface area (TPSA) is 0 Å². The Morgan fingerprint density at radius 1 is 1.86 bits per heavy atom. The standard InChI is InChI=1S/C3H7BIPS/c1-2-3-4-7(5)6/h2-3H2,1H3. The first-order chi connectivity index (χ1) is 3.27. The predicted molar refractivity (Wildman–Crippen MR) is 49.4 cm³/mol. The molecule has 0 amide bonds. The first-order valence-electron chi connectivity index (χ1n) is 2.19. The molecule has 0 aromatic rings. The third kappa shape index (κ3) is 7.44. The van der Waals surface area contributed by atoms with Gasteiger partial charge in [0.25, 0.3) is 0 Å². The molecule has 0 heterocycles. The molecule has 0 aliphatic rings. The number of halogens is 1. The molecule has 0 atom stereocenters. The van der Waals surface area contributed by atoms with E-state index in [2.05, 4.69) is 42.1 Å². The molecule has 0 aromatic carbocycles. The molecule has 0 saturated heterocycles. The number of hydrogen-bond donors (Lipinski definition) is 0. The molecular weight excluding hydrogens is 237 g/mol. The molecule has 0 nitrogen and oxygen atoms in total. The van der Waals surface area contributed by atoms with Crippen LogP contribution >= 0.6 is 35.5 Å². The second kappa shape index (κ2) is 5.58. The molecule has 0 N–H and O–H groups in total. The normalized spacial score (nSPS) is 10.7. The van der Waals surface area contributed by atoms with E-state index >= 15 is 0 Å². The minimum atomic E-state index is 0.224. The molecule has 0 saturated carbocycles. The Bertz CT molecular complexity index is 147. The second-order valence-corrected chi connectivity index (χ2v) is 8.20. The van der Waals surface area contributed by atoms with Crippen molar-refractivity contribution in [3.63, 3.8) is 0 Å². The van der Waals surface area contributed by atoms with E-state index in [9.17, 15) is 0 Å². The Labute approximate surface area is 61.1 Å². The Hall–Kier alpha value is 1.44. The summed E-state index contributed by atoms with van der Waals surface area (Å²) in [5, 5.41) is 0. The van der Waals surface area contributed by atoms with Gasteiger partial charge in [0.15, 0.2) is 0 Å². The van der Waals surface area contributed by atoms with Crippen LogP contribution in [0.25, 0.3) is 0 Å². The molecule has 4 heteroatoms. The summed E-state index contributed by atoms with van der Waals surface area (Å²) in [6.07, 6.45) is 4.67. The first kappa shape index (κ1) is 8.44. The van der Waals surface area contributed by atoms with E-state index in [1.165, 1.54) is 12.7 Å². The molecule has 7 heavy (non-hydrogen) atoms. The van der Waals surface area contributed by atoms with Gasteiger partial charge < -0.3 is 0 Å². The molecule has 0 fully saturated rings. The van der Waals surface area contributed by atoms with Crippen LogP contribution in [0.1, 0.15) is 13.3 Å². The van der Waals surface area contributed by atoms with Gasteiger partial charge in [0, 0.05) is 0 Å². The van der Waals surface area contributed by atoms with E-state index in [0.717, 1.165) is 0 Å². The van der Waals surface area contributed by atoms with E-state index in [0.29, 0.717) is 0 Å². The van der Waals surface area contributed by atoms with Gasteiger partial charge in [0.1, 0.15) is 0 Å². The molecule has 0 bridgehead atoms. The second-order valence-electron chi connectivity index (χ2n) is 1.22. The fraction of sp³-hybridized carbons (Fsp3) is 1.00. The van der Waals surface area contributed by atoms with Crippen LogP contribution in [0.3, 0.4) is 0 Å². The van der Waals surface area contributed by atoms with Gasteiger partial charge in [0.2, 0.25) is 0 Å². The minimum absolute atomic E-state index is 0.224. The van der Waals surface area contributed by atoms with E-state index in [1.54, 1.807) is 0 Å². The van der Waals surface area contributed by atoms with Gasteiger partial charge in [-0.15, -0.1) is 0 Å². The molecule has 0 aliphatic heterocycles. The van der Waals surface area contributed by atoms with Gasteiger partial charge >= 0.3 is 61.3 Å². The van der Waals surface area contributed by atoms with Crippen LogP contribution in [0, 0.1) is 0 Å². The van der Waals surface area contributed by atoms with Crippen molar-refractivity contribution < 1.29 is 0 Å². The molecule has 0 radical (unpaired) electrons. The number of hydrogen-bond acceptors (Lipinski definition) is 0. The van der Waals surface area contributed by atoms with Crippen molar-refractivity contribution in [2.75, 3.05) is 0 Å². The summed E-state index contributed by atoms with van der Waals surface area (Å²) in [6, 6.07) is 0. The zero-order valence-electron chi connectivity index (χ0n) is 4.22. The van der Waals surface area contributed by atoms with Crippen LogP contribution in [0.5, 0.6) is 0 Å². The van der Waals surface area contributed by atoms with Gasteiger partial charge in [-0.1, -0.05) is 0 Å². The van der Waals surface area contributed by atoms with Gasteiger partial charge in [-0.05, 0) is 0 Å². The van der Waals surface area contributed by atoms with Crippen molar-refractivity contribution in [3.05, 3.63) is 0 Å². The van der Waals surface area contributed by atoms with E-state index in [4.69, 9.17) is 0 Å². The van der Waals surface area contributed by atoms with Crippen LogP contribution in [0.15, 0.2) is 0 Å². The molecular formula is C3H7BIPS. The Morgan fingerprint density at radius 3 is 2.57 bits per heavy atom. The Kier molecular flexibility index (Phi) is 6.73. The fourth-order valence-corrected chi connectivity index (χ4v) is 1.72. The van der Waals surface area contributed by atoms with Crippen LogP contribution in [-0.4, -0.2) is 6.15 Å². The summed E-state index contributed by atoms with van der Waals surface area (Å²) >= 11 is 2.30. The monoisotopic (exact) mass is 244 g/mol. The van der Waals surface area contributed by atoms with Crippen molar-refractivity contribution in [2.24, 2.45) is 0 Å². The average Bonchev–Trinajstić information content (AvgIpc) is 1.61. The van der Waals surface area contributed by atoms with E-state index < -0.39 is 0 Å². The van der Waals surface area contributed by atoms with Crippen LogP contribution < -0.4 is 0 Å². The molecule has 0 aliphatic carbocycles. The van der Waals surface area contributed by atoms with Crippen molar-refractivity contribution >= 4 is 41.6 Å². The fourth-order valence-electron chi connectivity index (χ4n) is 0.215. The predicted octanol–water partition coefficient (Wildman–Crippen LogP) is 3.38. The van der Waals surface area contributed by atoms with Crippen molar-refractivity contribution in [1.29, 1.82) is 0 Å². The third-order valence-electron chi connectivity index (χ3n) is 0.544. The van der Waals surface area contributed by atoms with Crippen LogP contribution in [-0.2, 0) is 0 Å². The molecule has 0 aromatic heterocycles. The van der Waals surface area contributed by atoms with Crippen molar-refractivity contribution in [2.45, 2.75) is 19.7 Å².